The van der Waals surface area contributed by atoms with E-state index in [4.69, 9.17) is 0 Å². The van der Waals surface area contributed by atoms with Gasteiger partial charge in [0, 0.05) is 0 Å². The molecule has 82 valence electrons. The summed E-state index contributed by atoms with van der Waals surface area (Å²) in [6.45, 7) is 0. The van der Waals surface area contributed by atoms with Gasteiger partial charge >= 0.3 is 75.8 Å². The van der Waals surface area contributed by atoms with Crippen LogP contribution >= 0.6 is 0 Å². The number of hydrogen-bond acceptors (Lipinski definition) is 0. The van der Waals surface area contributed by atoms with Gasteiger partial charge in [-0.1, -0.05) is 0 Å². The van der Waals surface area contributed by atoms with Crippen molar-refractivity contribution in [2.75, 3.05) is 0 Å². The van der Waals surface area contributed by atoms with E-state index in [1.165, 1.54) is 0 Å². The van der Waals surface area contributed by atoms with E-state index in [1.807, 2.05) is 0 Å². The predicted molar refractivity (Wildman–Crippen MR) is 29.1 cm³/mol. The maximum absolute atomic E-state index is 11.6. The molecule has 0 atom stereocenters. The van der Waals surface area contributed by atoms with Gasteiger partial charge in [0.1, 0.15) is 0 Å². The monoisotopic (exact) mass is 260 g/mol. The summed E-state index contributed by atoms with van der Waals surface area (Å²) in [6.07, 6.45) is -11.8. The zero-order chi connectivity index (χ0) is 11.1. The molecule has 0 nitrogen and oxygen atoms in total. The Morgan fingerprint density at radius 2 is 1.00 bits per heavy atom. The molecular weight excluding hydrogens is 258 g/mol. The Hall–Kier alpha value is 1.01. The Labute approximate surface area is 114 Å². The third-order valence-corrected chi connectivity index (χ3v) is 1.05. The van der Waals surface area contributed by atoms with Crippen LogP contribution in [0.15, 0.2) is 0 Å². The predicted octanol–water partition coefficient (Wildman–Crippen LogP) is 2.44. The van der Waals surface area contributed by atoms with Crippen molar-refractivity contribution in [1.82, 2.24) is 0 Å². The van der Waals surface area contributed by atoms with E-state index in [-0.39, 0.29) is 51.4 Å². The minimum atomic E-state index is -6.73. The van der Waals surface area contributed by atoms with Crippen LogP contribution in [-0.4, -0.2) is 75.8 Å². The fourth-order valence-corrected chi connectivity index (χ4v) is 0.326. The van der Waals surface area contributed by atoms with Gasteiger partial charge in [0.15, 0.2) is 0 Å². The van der Waals surface area contributed by atoms with Gasteiger partial charge < -0.3 is 0 Å². The van der Waals surface area contributed by atoms with Gasteiger partial charge in [0.25, 0.3) is 0 Å². The molecule has 0 saturated carbocycles. The standard InChI is InChI=1S/C4HF9.K.H/c5-1(6)2(7,8)3(9,10)4(11,12)13;;/h1H;;. The van der Waals surface area contributed by atoms with Gasteiger partial charge in [-0.05, 0) is 0 Å². The van der Waals surface area contributed by atoms with Crippen LogP contribution in [0.5, 0.6) is 0 Å². The molecule has 0 amide bonds. The zero-order valence-electron chi connectivity index (χ0n) is 5.48. The van der Waals surface area contributed by atoms with Crippen LogP contribution in [0.25, 0.3) is 0 Å². The Balaban J connectivity index is 0. The maximum atomic E-state index is 11.6. The van der Waals surface area contributed by atoms with E-state index < -0.39 is 24.4 Å². The van der Waals surface area contributed by atoms with Gasteiger partial charge in [-0.25, -0.2) is 8.78 Å². The second kappa shape index (κ2) is 4.89. The van der Waals surface area contributed by atoms with Crippen molar-refractivity contribution in [1.29, 1.82) is 0 Å². The van der Waals surface area contributed by atoms with E-state index in [1.54, 1.807) is 0 Å². The molecule has 0 radical (unpaired) electrons. The molecule has 0 rings (SSSR count). The number of halogens is 9. The van der Waals surface area contributed by atoms with E-state index in [0.29, 0.717) is 0 Å². The summed E-state index contributed by atoms with van der Waals surface area (Å²) < 4.78 is 102. The Bertz CT molecular complexity index is 182. The molecular formula is C4H2F9K. The molecule has 0 aliphatic rings. The van der Waals surface area contributed by atoms with E-state index >= 15 is 0 Å². The second-order valence-corrected chi connectivity index (χ2v) is 2.00. The Morgan fingerprint density at radius 1 is 0.714 bits per heavy atom. The molecule has 0 aliphatic carbocycles. The fraction of sp³-hybridized carbons (Fsp3) is 1.00. The van der Waals surface area contributed by atoms with Gasteiger partial charge in [0.2, 0.25) is 0 Å². The number of alkyl halides is 9. The van der Waals surface area contributed by atoms with Gasteiger partial charge in [0.05, 0.1) is 0 Å². The summed E-state index contributed by atoms with van der Waals surface area (Å²) in [7, 11) is 0. The van der Waals surface area contributed by atoms with Crippen molar-refractivity contribution in [3.63, 3.8) is 0 Å². The summed E-state index contributed by atoms with van der Waals surface area (Å²) in [4.78, 5) is 0. The van der Waals surface area contributed by atoms with Crippen LogP contribution in [0.4, 0.5) is 39.5 Å². The van der Waals surface area contributed by atoms with E-state index in [0.717, 1.165) is 0 Å². The van der Waals surface area contributed by atoms with Crippen LogP contribution in [0.2, 0.25) is 0 Å². The van der Waals surface area contributed by atoms with Crippen molar-refractivity contribution < 1.29 is 39.5 Å². The third kappa shape index (κ3) is 3.00. The van der Waals surface area contributed by atoms with Crippen molar-refractivity contribution >= 4 is 51.4 Å². The van der Waals surface area contributed by atoms with E-state index in [9.17, 15) is 39.5 Å². The van der Waals surface area contributed by atoms with Gasteiger partial charge in [-0.3, -0.25) is 0 Å². The molecule has 0 N–H and O–H groups in total. The summed E-state index contributed by atoms with van der Waals surface area (Å²) in [5, 5.41) is 0. The zero-order valence-corrected chi connectivity index (χ0v) is 5.48. The third-order valence-electron chi connectivity index (χ3n) is 1.05. The first kappa shape index (κ1) is 17.4. The molecule has 0 aromatic heterocycles. The molecule has 0 aromatic rings. The summed E-state index contributed by atoms with van der Waals surface area (Å²) >= 11 is 0. The molecule has 0 heterocycles. The van der Waals surface area contributed by atoms with Crippen LogP contribution in [0.1, 0.15) is 0 Å². The average Bonchev–Trinajstić information content (AvgIpc) is 1.84. The molecule has 0 aromatic carbocycles. The van der Waals surface area contributed by atoms with Gasteiger partial charge in [-0.2, -0.15) is 30.7 Å². The van der Waals surface area contributed by atoms with Crippen LogP contribution in [-0.2, 0) is 0 Å². The average molecular weight is 260 g/mol. The van der Waals surface area contributed by atoms with Crippen LogP contribution in [0.3, 0.4) is 0 Å². The molecule has 0 spiro atoms. The van der Waals surface area contributed by atoms with Gasteiger partial charge in [-0.15, -0.1) is 0 Å². The first-order valence-electron chi connectivity index (χ1n) is 2.55. The molecule has 0 aliphatic heterocycles. The van der Waals surface area contributed by atoms with E-state index in [2.05, 4.69) is 0 Å². The van der Waals surface area contributed by atoms with Crippen LogP contribution in [0, 0.1) is 0 Å². The first-order valence-corrected chi connectivity index (χ1v) is 2.55. The molecule has 0 bridgehead atoms. The summed E-state index contributed by atoms with van der Waals surface area (Å²) in [6, 6.07) is 0. The van der Waals surface area contributed by atoms with Crippen molar-refractivity contribution in [2.45, 2.75) is 24.4 Å². The second-order valence-electron chi connectivity index (χ2n) is 2.00. The molecule has 0 fully saturated rings. The van der Waals surface area contributed by atoms with Crippen molar-refractivity contribution in [2.24, 2.45) is 0 Å². The van der Waals surface area contributed by atoms with Crippen molar-refractivity contribution in [3.05, 3.63) is 0 Å². The SMILES string of the molecule is FC(F)C(F)(F)C(F)(F)C(F)(F)F.[KH]. The topological polar surface area (TPSA) is 0 Å². The van der Waals surface area contributed by atoms with Crippen molar-refractivity contribution in [3.8, 4) is 0 Å². The quantitative estimate of drug-likeness (QED) is 0.528. The molecule has 0 saturated heterocycles. The first-order chi connectivity index (χ1) is 5.44. The number of hydrogen-bond donors (Lipinski definition) is 0. The Morgan fingerprint density at radius 3 is 1.07 bits per heavy atom. The number of rotatable bonds is 2. The molecule has 10 heteroatoms. The molecule has 0 unspecified atom stereocenters. The normalized spacial score (nSPS) is 14.1. The summed E-state index contributed by atoms with van der Waals surface area (Å²) in [5.41, 5.74) is 0. The minimum absolute atomic E-state index is 0. The fourth-order valence-electron chi connectivity index (χ4n) is 0.326. The Kier molecular flexibility index (Phi) is 6.08. The molecule has 14 heavy (non-hydrogen) atoms. The summed E-state index contributed by atoms with van der Waals surface area (Å²) in [5.74, 6) is -13.1. The van der Waals surface area contributed by atoms with Crippen LogP contribution < -0.4 is 0 Å².